The number of nitrogens with zero attached hydrogens (tertiary/aromatic N) is 6. The first-order chi connectivity index (χ1) is 52.6. The molecule has 0 spiro atoms. The number of fused-ring (bicyclic) bond motifs is 5. The van der Waals surface area contributed by atoms with Gasteiger partial charge in [-0.2, -0.15) is 0 Å². The van der Waals surface area contributed by atoms with Crippen molar-refractivity contribution in [1.82, 2.24) is 61.4 Å². The predicted octanol–water partition coefficient (Wildman–Crippen LogP) is 1.42. The van der Waals surface area contributed by atoms with Gasteiger partial charge in [0.15, 0.2) is 5.60 Å². The van der Waals surface area contributed by atoms with E-state index in [4.69, 9.17) is 64.0 Å². The molecule has 596 valence electrons. The molecular formula is C72H91ClN12O23S2. The third kappa shape index (κ3) is 22.6. The van der Waals surface area contributed by atoms with E-state index in [1.165, 1.54) is 50.1 Å². The predicted molar refractivity (Wildman–Crippen MR) is 393 cm³/mol. The van der Waals surface area contributed by atoms with Crippen molar-refractivity contribution in [2.75, 3.05) is 138 Å². The normalized spacial score (nSPS) is 15.9. The first-order valence-electron chi connectivity index (χ1n) is 35.5. The van der Waals surface area contributed by atoms with Crippen LogP contribution in [0.3, 0.4) is 0 Å². The molecule has 1 aliphatic carbocycles. The first kappa shape index (κ1) is 85.0. The minimum atomic E-state index is -3.66. The summed E-state index contributed by atoms with van der Waals surface area (Å²) in [5, 5.41) is 28.0. The largest absolute Gasteiger partial charge is 0.458 e. The van der Waals surface area contributed by atoms with E-state index in [0.29, 0.717) is 135 Å². The summed E-state index contributed by atoms with van der Waals surface area (Å²) in [7, 11) is -7.31. The number of carbonyl (C=O) groups excluding carboxylic acids is 7. The van der Waals surface area contributed by atoms with Crippen LogP contribution in [0.2, 0.25) is 5.02 Å². The number of cyclic esters (lactones) is 1. The van der Waals surface area contributed by atoms with Gasteiger partial charge >= 0.3 is 5.97 Å². The molecule has 5 atom stereocenters. The van der Waals surface area contributed by atoms with Crippen molar-refractivity contribution in [2.45, 2.75) is 114 Å². The van der Waals surface area contributed by atoms with Crippen LogP contribution in [0, 0.1) is 6.92 Å². The van der Waals surface area contributed by atoms with Crippen LogP contribution in [0.25, 0.3) is 44.5 Å². The van der Waals surface area contributed by atoms with Gasteiger partial charge in [0.2, 0.25) is 59.5 Å². The van der Waals surface area contributed by atoms with Crippen LogP contribution in [0.5, 0.6) is 0 Å². The SMILES string of the molecule is CC[C@@]1(O)C(=O)OCc2c1cc1n(c2=O)Cc2c-1nc1cc(Cl)c(C)c3c1c2[C@@H](NC(=O)COCNC(=O)[C@H](C)NC(=O)[C@H](C)NC(=O)[C@H](C)NC(=O)CCOCCOCCOCCOCCOCCOCCOCCOCCNC(=O)c1cc(-c2cnc(S(C)(=O)=O)nc2)cc(-c2cnc(S(C)(=O)=O)nc2)c1)CC3. The number of aliphatic hydroxyl groups is 1. The van der Waals surface area contributed by atoms with Crippen molar-refractivity contribution in [2.24, 2.45) is 0 Å². The van der Waals surface area contributed by atoms with Gasteiger partial charge in [0.05, 0.1) is 141 Å². The lowest BCUT2D eigenvalue weighted by Gasteiger charge is -2.31. The van der Waals surface area contributed by atoms with E-state index in [-0.39, 0.29) is 99.3 Å². The standard InChI is InChI=1S/C72H91ClN12O23S2/c1-8-72(94)54-32-58-63-52(38-85(58)68(92)53(54)39-108-69(72)93)62-56(10-9-51-42(2)55(73)33-57(84-63)61(51)62)83-60(87)40-107-41-79-64(88)43(3)81-66(90)45(5)82-65(89)44(4)80-59(86)11-13-99-15-17-101-19-21-103-23-25-105-27-28-106-26-24-104-22-20-102-18-16-100-14-12-74-67(91)48-30-46(49-34-75-70(76-35-49)109(6,95)96)29-47(31-48)50-36-77-71(78-37-50)110(7,97)98/h29-37,43-45,56,94H,8-28,38-41H2,1-7H3,(H,74,91)(H,79,88)(H,80,86)(H,81,90)(H,82,89)(H,83,87)/t43-,44-,45-,56-,72-/m0/s1. The number of aromatic nitrogens is 6. The van der Waals surface area contributed by atoms with E-state index in [9.17, 15) is 60.3 Å². The van der Waals surface area contributed by atoms with E-state index >= 15 is 0 Å². The van der Waals surface area contributed by atoms with Gasteiger partial charge in [-0.05, 0) is 105 Å². The second-order valence-electron chi connectivity index (χ2n) is 26.0. The molecule has 0 bridgehead atoms. The van der Waals surface area contributed by atoms with Crippen molar-refractivity contribution < 1.29 is 103 Å². The number of ether oxygens (including phenoxy) is 10. The molecule has 6 heterocycles. The van der Waals surface area contributed by atoms with Crippen molar-refractivity contribution >= 4 is 83.6 Å². The number of pyridine rings is 2. The summed E-state index contributed by atoms with van der Waals surface area (Å²) in [4.78, 5) is 126. The maximum absolute atomic E-state index is 14.0. The number of esters is 1. The molecule has 3 aliphatic rings. The summed E-state index contributed by atoms with van der Waals surface area (Å²) >= 11 is 6.72. The fraction of sp³-hybridized carbons (Fsp3) is 0.514. The maximum Gasteiger partial charge on any atom is 0.343 e. The van der Waals surface area contributed by atoms with Crippen LogP contribution in [0.15, 0.2) is 70.2 Å². The summed E-state index contributed by atoms with van der Waals surface area (Å²) in [6.07, 6.45) is 8.23. The van der Waals surface area contributed by atoms with Crippen LogP contribution in [-0.2, 0) is 121 Å². The summed E-state index contributed by atoms with van der Waals surface area (Å²) in [5.41, 5.74) is 4.65. The number of benzene rings is 2. The molecule has 2 aliphatic heterocycles. The fourth-order valence-corrected chi connectivity index (χ4v) is 13.3. The summed E-state index contributed by atoms with van der Waals surface area (Å²) in [6, 6.07) is 4.49. The summed E-state index contributed by atoms with van der Waals surface area (Å²) in [5.74, 6) is -4.20. The molecule has 110 heavy (non-hydrogen) atoms. The third-order valence-electron chi connectivity index (χ3n) is 18.0. The van der Waals surface area contributed by atoms with Crippen LogP contribution in [0.1, 0.15) is 96.7 Å². The quantitative estimate of drug-likeness (QED) is 0.0123. The monoisotopic (exact) mass is 1590 g/mol. The molecule has 4 aromatic heterocycles. The molecule has 6 aromatic rings. The van der Waals surface area contributed by atoms with E-state index in [1.807, 2.05) is 6.92 Å². The molecule has 0 saturated carbocycles. The molecule has 0 saturated heterocycles. The second-order valence-corrected chi connectivity index (χ2v) is 30.2. The molecule has 7 N–H and O–H groups in total. The molecular weight excluding hydrogens is 1500 g/mol. The van der Waals surface area contributed by atoms with Crippen LogP contribution < -0.4 is 37.5 Å². The number of carbonyl (C=O) groups is 7. The Morgan fingerprint density at radius 1 is 0.618 bits per heavy atom. The molecule has 0 fully saturated rings. The zero-order valence-electron chi connectivity index (χ0n) is 62.0. The molecule has 0 radical (unpaired) electrons. The maximum atomic E-state index is 14.0. The second kappa shape index (κ2) is 39.8. The van der Waals surface area contributed by atoms with E-state index in [1.54, 1.807) is 37.3 Å². The van der Waals surface area contributed by atoms with Gasteiger partial charge in [-0.15, -0.1) is 0 Å². The van der Waals surface area contributed by atoms with Gasteiger partial charge in [-0.1, -0.05) is 18.5 Å². The van der Waals surface area contributed by atoms with Crippen LogP contribution in [-0.4, -0.2) is 249 Å². The van der Waals surface area contributed by atoms with Gasteiger partial charge in [-0.25, -0.2) is 46.6 Å². The minimum Gasteiger partial charge on any atom is -0.458 e. The van der Waals surface area contributed by atoms with Gasteiger partial charge < -0.3 is 88.9 Å². The third-order valence-corrected chi connectivity index (χ3v) is 20.1. The number of halogens is 1. The van der Waals surface area contributed by atoms with Crippen molar-refractivity contribution in [3.63, 3.8) is 0 Å². The van der Waals surface area contributed by atoms with E-state index < -0.39 is 103 Å². The Bertz CT molecular complexity index is 4520. The zero-order valence-corrected chi connectivity index (χ0v) is 64.4. The zero-order chi connectivity index (χ0) is 79.3. The van der Waals surface area contributed by atoms with Gasteiger partial charge in [0.25, 0.3) is 11.5 Å². The highest BCUT2D eigenvalue weighted by molar-refractivity contribution is 7.90. The topological polar surface area (TPSA) is 459 Å². The van der Waals surface area contributed by atoms with Gasteiger partial charge in [-0.3, -0.25) is 33.6 Å². The minimum absolute atomic E-state index is 0.0210. The Kier molecular flexibility index (Phi) is 30.8. The molecule has 9 rings (SSSR count). The number of rotatable bonds is 44. The average molecular weight is 1590 g/mol. The highest BCUT2D eigenvalue weighted by Crippen LogP contribution is 2.47. The number of sulfone groups is 2. The van der Waals surface area contributed by atoms with Crippen molar-refractivity contribution in [3.8, 4) is 33.6 Å². The Hall–Kier alpha value is -8.96. The lowest BCUT2D eigenvalue weighted by molar-refractivity contribution is -0.172. The summed E-state index contributed by atoms with van der Waals surface area (Å²) < 4.78 is 104. The first-order valence-corrected chi connectivity index (χ1v) is 39.7. The van der Waals surface area contributed by atoms with E-state index in [2.05, 4.69) is 51.8 Å². The Morgan fingerprint density at radius 2 is 1.11 bits per heavy atom. The lowest BCUT2D eigenvalue weighted by atomic mass is 9.81. The molecule has 0 unspecified atom stereocenters. The fourth-order valence-electron chi connectivity index (χ4n) is 12.1. The van der Waals surface area contributed by atoms with Crippen molar-refractivity contribution in [1.29, 1.82) is 0 Å². The number of nitrogens with one attached hydrogen (secondary N) is 6. The Morgan fingerprint density at radius 3 is 1.62 bits per heavy atom. The van der Waals surface area contributed by atoms with Gasteiger partial charge in [0, 0.05) is 88.5 Å². The average Bonchev–Trinajstić information content (AvgIpc) is 1.50. The van der Waals surface area contributed by atoms with Crippen LogP contribution >= 0.6 is 11.6 Å². The Labute approximate surface area is 639 Å². The number of amides is 6. The lowest BCUT2D eigenvalue weighted by Crippen LogP contribution is -2.54. The smallest absolute Gasteiger partial charge is 0.343 e. The molecule has 38 heteroatoms. The van der Waals surface area contributed by atoms with Gasteiger partial charge in [0.1, 0.15) is 38.1 Å². The highest BCUT2D eigenvalue weighted by atomic mass is 35.5. The summed E-state index contributed by atoms with van der Waals surface area (Å²) in [6.45, 7) is 11.7. The molecule has 2 aromatic carbocycles. The Balaban J connectivity index is 0.537. The van der Waals surface area contributed by atoms with Crippen LogP contribution in [0.4, 0.5) is 0 Å². The highest BCUT2D eigenvalue weighted by Gasteiger charge is 2.46. The molecule has 6 amide bonds. The number of hydrogen-bond donors (Lipinski definition) is 7. The number of aryl methyl sites for hydroxylation is 1. The van der Waals surface area contributed by atoms with Crippen molar-refractivity contribution in [3.05, 3.63) is 109 Å². The molecule has 35 nitrogen and oxygen atoms in total. The van der Waals surface area contributed by atoms with E-state index in [0.717, 1.165) is 34.6 Å². The number of hydrogen-bond acceptors (Lipinski definition) is 28.